The van der Waals surface area contributed by atoms with Gasteiger partial charge in [0, 0.05) is 77.4 Å². The topological polar surface area (TPSA) is 16.3 Å². The van der Waals surface area contributed by atoms with Gasteiger partial charge in [-0.3, -0.25) is 0 Å². The van der Waals surface area contributed by atoms with Crippen LogP contribution >= 0.6 is 0 Å². The van der Waals surface area contributed by atoms with E-state index in [1.54, 1.807) is 0 Å². The summed E-state index contributed by atoms with van der Waals surface area (Å²) in [6, 6.07) is 160. The van der Waals surface area contributed by atoms with E-state index in [1.165, 1.54) is 241 Å². The van der Waals surface area contributed by atoms with Gasteiger partial charge in [0.2, 0.25) is 0 Å². The average molecular weight is 1700 g/mol. The molecule has 0 saturated heterocycles. The largest absolute Gasteiger partial charge is 0.309 e. The van der Waals surface area contributed by atoms with E-state index in [-0.39, 0.29) is 10.8 Å². The van der Waals surface area contributed by atoms with E-state index < -0.39 is 0 Å². The van der Waals surface area contributed by atoms with Gasteiger partial charge >= 0.3 is 0 Å². The molecule has 4 heteroatoms. The third-order valence-electron chi connectivity index (χ3n) is 29.9. The molecule has 0 bridgehead atoms. The molecular formula is C128H104N4. The van der Waals surface area contributed by atoms with Gasteiger partial charge in [-0.05, 0) is 269 Å². The minimum Gasteiger partial charge on any atom is -0.309 e. The lowest BCUT2D eigenvalue weighted by Crippen LogP contribution is -2.17. The molecule has 2 aromatic heterocycles. The average Bonchev–Trinajstić information content (AvgIpc) is 1.49. The molecule has 0 atom stereocenters. The van der Waals surface area contributed by atoms with Crippen molar-refractivity contribution >= 4 is 99.3 Å². The van der Waals surface area contributed by atoms with E-state index >= 15 is 0 Å². The van der Waals surface area contributed by atoms with Crippen molar-refractivity contribution in [3.8, 4) is 89.3 Å². The Morgan fingerprint density at radius 2 is 0.583 bits per heavy atom. The molecule has 4 aliphatic carbocycles. The molecule has 0 amide bonds. The highest BCUT2D eigenvalue weighted by atomic mass is 15.2. The zero-order valence-corrected chi connectivity index (χ0v) is 75.4. The van der Waals surface area contributed by atoms with Gasteiger partial charge in [-0.2, -0.15) is 0 Å². The van der Waals surface area contributed by atoms with Gasteiger partial charge in [0.15, 0.2) is 0 Å². The van der Waals surface area contributed by atoms with E-state index in [0.29, 0.717) is 11.8 Å². The number of nitrogens with zero attached hydrogens (tertiary/aromatic N) is 4. The third kappa shape index (κ3) is 13.9. The molecule has 2 saturated carbocycles. The summed E-state index contributed by atoms with van der Waals surface area (Å²) < 4.78 is 4.87. The summed E-state index contributed by atoms with van der Waals surface area (Å²) in [5.41, 5.74) is 39.5. The summed E-state index contributed by atoms with van der Waals surface area (Å²) in [6.07, 6.45) is 13.1. The van der Waals surface area contributed by atoms with Crippen LogP contribution in [0.3, 0.4) is 0 Å². The van der Waals surface area contributed by atoms with E-state index in [2.05, 4.69) is 471 Å². The quantitative estimate of drug-likeness (QED) is 0.102. The second-order valence-electron chi connectivity index (χ2n) is 38.3. The number of aromatic nitrogens is 2. The minimum atomic E-state index is -0.175. The van der Waals surface area contributed by atoms with Crippen LogP contribution in [-0.2, 0) is 10.8 Å². The van der Waals surface area contributed by atoms with Gasteiger partial charge in [0.05, 0.1) is 44.8 Å². The Balaban J connectivity index is 0.000000146. The first-order chi connectivity index (χ1) is 65.0. The van der Waals surface area contributed by atoms with Crippen molar-refractivity contribution in [3.63, 3.8) is 0 Å². The summed E-state index contributed by atoms with van der Waals surface area (Å²) in [5, 5.41) is 9.85. The standard InChI is InChI=1S/C67H54N2.C61H50N2/c1-67(2)61-28-16-14-26-55(61)56-38-36-54(44-62(56)67)69(64-39-35-51(41-59(64)48-20-8-4-9-21-48)47-32-30-46(31-33-47)45-18-6-3-7-19-45)66-42-50-23-13-12-22-49(50)40-60(66)52-34-37-58-57-27-15-17-29-63(57)68(65(58)43-52)53-24-10-5-11-25-53;1-61(2)55-28-16-14-26-49(55)54-40-48(32-34-56(54)61)63(58-35-31-45(41-18-6-3-7-19-41)37-52(58)42-20-8-4-9-21-42)60-38-44-23-13-12-22-43(44)36-53(60)46-30-33-51-50-27-15-17-29-57(50)62(59(51)39-46)47-24-10-5-11-25-47/h4-5,8-17,20-45H,3,6-7,18-19H2,1-2H3;4-5,8-17,20-41H,3,6-7,18-19H2,1-2H3. The lowest BCUT2D eigenvalue weighted by Gasteiger charge is -2.32. The summed E-state index contributed by atoms with van der Waals surface area (Å²) in [6.45, 7) is 9.52. The maximum atomic E-state index is 2.58. The molecule has 19 aromatic carbocycles. The molecule has 4 aliphatic rings. The zero-order chi connectivity index (χ0) is 88.1. The van der Waals surface area contributed by atoms with Crippen molar-refractivity contribution < 1.29 is 0 Å². The number of anilines is 6. The molecule has 2 fully saturated rings. The predicted molar refractivity (Wildman–Crippen MR) is 560 cm³/mol. The summed E-state index contributed by atoms with van der Waals surface area (Å²) in [4.78, 5) is 5.15. The van der Waals surface area contributed by atoms with E-state index in [9.17, 15) is 0 Å². The molecule has 0 aliphatic heterocycles. The number of benzene rings is 19. The van der Waals surface area contributed by atoms with Crippen LogP contribution in [0.25, 0.3) is 154 Å². The maximum Gasteiger partial charge on any atom is 0.0547 e. The van der Waals surface area contributed by atoms with Crippen LogP contribution in [0.1, 0.15) is 137 Å². The fourth-order valence-corrected chi connectivity index (χ4v) is 23.2. The molecule has 2 heterocycles. The zero-order valence-electron chi connectivity index (χ0n) is 75.4. The molecule has 0 spiro atoms. The van der Waals surface area contributed by atoms with Crippen LogP contribution in [0.4, 0.5) is 34.1 Å². The number of para-hydroxylation sites is 4. The highest BCUT2D eigenvalue weighted by molar-refractivity contribution is 6.14. The first-order valence-corrected chi connectivity index (χ1v) is 47.8. The first kappa shape index (κ1) is 80.2. The van der Waals surface area contributed by atoms with Crippen LogP contribution in [0, 0.1) is 0 Å². The van der Waals surface area contributed by atoms with Gasteiger partial charge in [-0.1, -0.05) is 370 Å². The minimum absolute atomic E-state index is 0.0904. The van der Waals surface area contributed by atoms with Gasteiger partial charge in [-0.25, -0.2) is 0 Å². The first-order valence-electron chi connectivity index (χ1n) is 47.8. The number of rotatable bonds is 15. The number of fused-ring (bicyclic) bond motifs is 14. The van der Waals surface area contributed by atoms with E-state index in [1.807, 2.05) is 0 Å². The Morgan fingerprint density at radius 3 is 1.11 bits per heavy atom. The summed E-state index contributed by atoms with van der Waals surface area (Å²) in [7, 11) is 0. The Hall–Kier alpha value is -15.1. The van der Waals surface area contributed by atoms with Gasteiger partial charge in [0.25, 0.3) is 0 Å². The molecular weight excluding hydrogens is 1590 g/mol. The summed E-state index contributed by atoms with van der Waals surface area (Å²) >= 11 is 0. The van der Waals surface area contributed by atoms with Gasteiger partial charge < -0.3 is 18.9 Å². The molecule has 21 aromatic rings. The second-order valence-corrected chi connectivity index (χ2v) is 38.3. The smallest absolute Gasteiger partial charge is 0.0547 e. The van der Waals surface area contributed by atoms with Crippen LogP contribution < -0.4 is 9.80 Å². The second kappa shape index (κ2) is 33.1. The Kier molecular flexibility index (Phi) is 20.1. The van der Waals surface area contributed by atoms with Crippen molar-refractivity contribution in [1.29, 1.82) is 0 Å². The molecule has 0 radical (unpaired) electrons. The van der Waals surface area contributed by atoms with Crippen molar-refractivity contribution in [2.75, 3.05) is 9.80 Å². The van der Waals surface area contributed by atoms with Crippen molar-refractivity contribution in [2.45, 2.75) is 115 Å². The van der Waals surface area contributed by atoms with Gasteiger partial charge in [-0.15, -0.1) is 0 Å². The van der Waals surface area contributed by atoms with Gasteiger partial charge in [0.1, 0.15) is 0 Å². The SMILES string of the molecule is CC1(C)c2ccccc2-c2cc(N(c3ccc(C4CCCCC4)cc3-c3ccccc3)c3cc4ccccc4cc3-c3ccc4c5ccccc5n(-c5ccccc5)c4c3)ccc21.CC1(C)c2ccccc2-c2ccc(N(c3ccc(-c4ccc(C5CCCCC5)cc4)cc3-c3ccccc3)c3cc4ccccc4cc3-c3ccc4c5ccccc5n(-c5ccccc5)c4c3)cc21. The van der Waals surface area contributed by atoms with Crippen molar-refractivity contribution in [1.82, 2.24) is 9.13 Å². The van der Waals surface area contributed by atoms with E-state index in [0.717, 1.165) is 45.4 Å². The molecule has 636 valence electrons. The Bertz CT molecular complexity index is 8020. The van der Waals surface area contributed by atoms with E-state index in [4.69, 9.17) is 0 Å². The molecule has 4 nitrogen and oxygen atoms in total. The molecule has 25 rings (SSSR count). The third-order valence-corrected chi connectivity index (χ3v) is 29.9. The monoisotopic (exact) mass is 1700 g/mol. The lowest BCUT2D eigenvalue weighted by atomic mass is 9.82. The maximum absolute atomic E-state index is 2.58. The van der Waals surface area contributed by atoms with Crippen molar-refractivity contribution in [2.24, 2.45) is 0 Å². The summed E-state index contributed by atoms with van der Waals surface area (Å²) in [5.74, 6) is 1.26. The van der Waals surface area contributed by atoms with Crippen LogP contribution in [-0.4, -0.2) is 9.13 Å². The highest BCUT2D eigenvalue weighted by Gasteiger charge is 2.39. The predicted octanol–water partition coefficient (Wildman–Crippen LogP) is 35.9. The number of hydrogen-bond acceptors (Lipinski definition) is 2. The fraction of sp³-hybridized carbons (Fsp3) is 0.141. The molecule has 132 heavy (non-hydrogen) atoms. The van der Waals surface area contributed by atoms with Crippen LogP contribution in [0.2, 0.25) is 0 Å². The Morgan fingerprint density at radius 1 is 0.212 bits per heavy atom. The van der Waals surface area contributed by atoms with Crippen molar-refractivity contribution in [3.05, 3.63) is 458 Å². The van der Waals surface area contributed by atoms with Crippen LogP contribution in [0.5, 0.6) is 0 Å². The number of hydrogen-bond donors (Lipinski definition) is 0. The highest BCUT2D eigenvalue weighted by Crippen LogP contribution is 2.57. The van der Waals surface area contributed by atoms with Crippen LogP contribution in [0.15, 0.2) is 425 Å². The fourth-order valence-electron chi connectivity index (χ4n) is 23.2. The normalized spacial score (nSPS) is 14.4. The Labute approximate surface area is 774 Å². The molecule has 0 unspecified atom stereocenters. The molecule has 0 N–H and O–H groups in total. The lowest BCUT2D eigenvalue weighted by molar-refractivity contribution is 0.443.